The van der Waals surface area contributed by atoms with E-state index in [0.29, 0.717) is 5.41 Å². The molecule has 1 rings (SSSR count). The van der Waals surface area contributed by atoms with Crippen molar-refractivity contribution in [1.82, 2.24) is 4.90 Å². The van der Waals surface area contributed by atoms with Gasteiger partial charge in [0.05, 0.1) is 6.61 Å². The lowest BCUT2D eigenvalue weighted by atomic mass is 9.94. The van der Waals surface area contributed by atoms with Crippen molar-refractivity contribution in [3.05, 3.63) is 0 Å². The Morgan fingerprint density at radius 1 is 1.47 bits per heavy atom. The number of rotatable bonds is 5. The minimum atomic E-state index is 0.313. The predicted octanol–water partition coefficient (Wildman–Crippen LogP) is 2.30. The first kappa shape index (κ1) is 13.3. The van der Waals surface area contributed by atoms with Gasteiger partial charge >= 0.3 is 0 Å². The summed E-state index contributed by atoms with van der Waals surface area (Å²) in [6, 6.07) is 0. The molecule has 1 aliphatic rings. The van der Waals surface area contributed by atoms with Crippen molar-refractivity contribution in [1.29, 1.82) is 0 Å². The van der Waals surface area contributed by atoms with E-state index in [-0.39, 0.29) is 0 Å². The highest BCUT2D eigenvalue weighted by atomic mass is 32.1. The monoisotopic (exact) mass is 231 g/mol. The standard InChI is InChI=1S/C12H25NOS/c1-12(2,10-15)9-13(3)7-11-5-4-6-14-8-11/h11,15H,4-10H2,1-3H3. The summed E-state index contributed by atoms with van der Waals surface area (Å²) in [6.45, 7) is 8.74. The summed E-state index contributed by atoms with van der Waals surface area (Å²) in [7, 11) is 2.21. The summed E-state index contributed by atoms with van der Waals surface area (Å²) in [5.74, 6) is 1.68. The third-order valence-corrected chi connectivity index (χ3v) is 3.81. The zero-order valence-corrected chi connectivity index (χ0v) is 11.2. The third-order valence-electron chi connectivity index (χ3n) is 2.95. The predicted molar refractivity (Wildman–Crippen MR) is 68.7 cm³/mol. The van der Waals surface area contributed by atoms with E-state index >= 15 is 0 Å². The van der Waals surface area contributed by atoms with E-state index in [2.05, 4.69) is 38.4 Å². The number of hydrogen-bond acceptors (Lipinski definition) is 3. The second kappa shape index (κ2) is 6.12. The van der Waals surface area contributed by atoms with Crippen LogP contribution in [0.3, 0.4) is 0 Å². The lowest BCUT2D eigenvalue weighted by Gasteiger charge is -2.32. The molecule has 0 amide bonds. The lowest BCUT2D eigenvalue weighted by Crippen LogP contribution is -2.37. The van der Waals surface area contributed by atoms with Crippen molar-refractivity contribution in [3.8, 4) is 0 Å². The van der Waals surface area contributed by atoms with Crippen LogP contribution in [0.5, 0.6) is 0 Å². The molecule has 0 spiro atoms. The van der Waals surface area contributed by atoms with Crippen molar-refractivity contribution >= 4 is 12.6 Å². The van der Waals surface area contributed by atoms with Crippen LogP contribution in [0.15, 0.2) is 0 Å². The summed E-state index contributed by atoms with van der Waals surface area (Å²) in [5, 5.41) is 0. The van der Waals surface area contributed by atoms with Gasteiger partial charge in [0.1, 0.15) is 0 Å². The zero-order valence-electron chi connectivity index (χ0n) is 10.3. The third kappa shape index (κ3) is 5.23. The van der Waals surface area contributed by atoms with E-state index < -0.39 is 0 Å². The smallest absolute Gasteiger partial charge is 0.0506 e. The normalized spacial score (nSPS) is 23.4. The first-order valence-corrected chi connectivity index (χ1v) is 6.54. The van der Waals surface area contributed by atoms with E-state index in [1.165, 1.54) is 12.8 Å². The maximum atomic E-state index is 5.50. The molecule has 2 nitrogen and oxygen atoms in total. The molecular weight excluding hydrogens is 206 g/mol. The first-order valence-electron chi connectivity index (χ1n) is 5.91. The first-order chi connectivity index (χ1) is 7.03. The average Bonchev–Trinajstić information content (AvgIpc) is 2.18. The Hall–Kier alpha value is 0.270. The largest absolute Gasteiger partial charge is 0.381 e. The summed E-state index contributed by atoms with van der Waals surface area (Å²) in [5.41, 5.74) is 0.313. The molecule has 90 valence electrons. The zero-order chi connectivity index (χ0) is 11.3. The number of ether oxygens (including phenoxy) is 1. The fraction of sp³-hybridized carbons (Fsp3) is 1.00. The minimum absolute atomic E-state index is 0.313. The number of hydrogen-bond donors (Lipinski definition) is 1. The number of thiol groups is 1. The average molecular weight is 231 g/mol. The topological polar surface area (TPSA) is 12.5 Å². The summed E-state index contributed by atoms with van der Waals surface area (Å²) < 4.78 is 5.50. The molecule has 3 heteroatoms. The molecule has 0 aromatic carbocycles. The van der Waals surface area contributed by atoms with E-state index in [0.717, 1.165) is 38.0 Å². The maximum Gasteiger partial charge on any atom is 0.0506 e. The van der Waals surface area contributed by atoms with Crippen LogP contribution < -0.4 is 0 Å². The molecule has 1 fully saturated rings. The molecule has 15 heavy (non-hydrogen) atoms. The molecule has 0 bridgehead atoms. The highest BCUT2D eigenvalue weighted by molar-refractivity contribution is 7.80. The van der Waals surface area contributed by atoms with Gasteiger partial charge in [-0.15, -0.1) is 0 Å². The van der Waals surface area contributed by atoms with Gasteiger partial charge in [0.2, 0.25) is 0 Å². The van der Waals surface area contributed by atoms with Crippen LogP contribution in [0.1, 0.15) is 26.7 Å². The summed E-state index contributed by atoms with van der Waals surface area (Å²) in [4.78, 5) is 2.43. The van der Waals surface area contributed by atoms with Crippen LogP contribution in [0, 0.1) is 11.3 Å². The Labute approximate surface area is 99.8 Å². The fourth-order valence-electron chi connectivity index (χ4n) is 2.24. The summed E-state index contributed by atoms with van der Waals surface area (Å²) >= 11 is 4.39. The maximum absolute atomic E-state index is 5.50. The van der Waals surface area contributed by atoms with Crippen LogP contribution in [-0.2, 0) is 4.74 Å². The number of nitrogens with zero attached hydrogens (tertiary/aromatic N) is 1. The molecule has 0 N–H and O–H groups in total. The molecule has 1 saturated heterocycles. The van der Waals surface area contributed by atoms with E-state index in [1.54, 1.807) is 0 Å². The molecule has 0 aromatic heterocycles. The van der Waals surface area contributed by atoms with Crippen LogP contribution in [0.25, 0.3) is 0 Å². The second-order valence-electron chi connectivity index (χ2n) is 5.60. The molecule has 1 unspecified atom stereocenters. The van der Waals surface area contributed by atoms with Crippen LogP contribution in [0.4, 0.5) is 0 Å². The van der Waals surface area contributed by atoms with E-state index in [9.17, 15) is 0 Å². The van der Waals surface area contributed by atoms with Gasteiger partial charge in [0.15, 0.2) is 0 Å². The van der Waals surface area contributed by atoms with Gasteiger partial charge in [-0.25, -0.2) is 0 Å². The Kier molecular flexibility index (Phi) is 5.44. The molecule has 0 aliphatic carbocycles. The molecule has 1 atom stereocenters. The Bertz CT molecular complexity index is 178. The van der Waals surface area contributed by atoms with Gasteiger partial charge in [0.25, 0.3) is 0 Å². The van der Waals surface area contributed by atoms with Crippen molar-refractivity contribution in [2.24, 2.45) is 11.3 Å². The highest BCUT2D eigenvalue weighted by Crippen LogP contribution is 2.20. The van der Waals surface area contributed by atoms with Gasteiger partial charge in [-0.1, -0.05) is 13.8 Å². The molecule has 0 aromatic rings. The Balaban J connectivity index is 2.25. The summed E-state index contributed by atoms with van der Waals surface area (Å²) in [6.07, 6.45) is 2.56. The van der Waals surface area contributed by atoms with Gasteiger partial charge < -0.3 is 9.64 Å². The second-order valence-corrected chi connectivity index (χ2v) is 5.92. The molecular formula is C12H25NOS. The Morgan fingerprint density at radius 2 is 2.20 bits per heavy atom. The van der Waals surface area contributed by atoms with Crippen LogP contribution in [0.2, 0.25) is 0 Å². The Morgan fingerprint density at radius 3 is 2.73 bits per heavy atom. The lowest BCUT2D eigenvalue weighted by molar-refractivity contribution is 0.0383. The van der Waals surface area contributed by atoms with Gasteiger partial charge in [-0.3, -0.25) is 0 Å². The van der Waals surface area contributed by atoms with Crippen LogP contribution >= 0.6 is 12.6 Å². The van der Waals surface area contributed by atoms with Crippen molar-refractivity contribution in [3.63, 3.8) is 0 Å². The molecule has 0 saturated carbocycles. The van der Waals surface area contributed by atoms with E-state index in [4.69, 9.17) is 4.74 Å². The fourth-order valence-corrected chi connectivity index (χ4v) is 2.34. The van der Waals surface area contributed by atoms with Crippen molar-refractivity contribution in [2.75, 3.05) is 39.1 Å². The molecule has 1 aliphatic heterocycles. The molecule has 1 heterocycles. The van der Waals surface area contributed by atoms with Crippen LogP contribution in [-0.4, -0.2) is 44.0 Å². The van der Waals surface area contributed by atoms with Gasteiger partial charge in [-0.05, 0) is 37.0 Å². The molecule has 0 radical (unpaired) electrons. The van der Waals surface area contributed by atoms with Gasteiger partial charge in [-0.2, -0.15) is 12.6 Å². The van der Waals surface area contributed by atoms with Crippen molar-refractivity contribution in [2.45, 2.75) is 26.7 Å². The highest BCUT2D eigenvalue weighted by Gasteiger charge is 2.21. The SMILES string of the molecule is CN(CC1CCCOC1)CC(C)(C)CS. The van der Waals surface area contributed by atoms with Gasteiger partial charge in [0, 0.05) is 19.7 Å². The minimum Gasteiger partial charge on any atom is -0.381 e. The quantitative estimate of drug-likeness (QED) is 0.729. The van der Waals surface area contributed by atoms with E-state index in [1.807, 2.05) is 0 Å². The van der Waals surface area contributed by atoms with Crippen molar-refractivity contribution < 1.29 is 4.74 Å².